The number of amides is 1. The molecule has 2 aromatic rings. The summed E-state index contributed by atoms with van der Waals surface area (Å²) in [6.45, 7) is 1.68. The third-order valence-electron chi connectivity index (χ3n) is 4.28. The lowest BCUT2D eigenvalue weighted by Crippen LogP contribution is -2.37. The number of halogens is 1. The maximum absolute atomic E-state index is 12.0. The van der Waals surface area contributed by atoms with Crippen LogP contribution < -0.4 is 0 Å². The first kappa shape index (κ1) is 14.4. The maximum atomic E-state index is 12.0. The molecule has 21 heavy (non-hydrogen) atoms. The molecule has 4 nitrogen and oxygen atoms in total. The van der Waals surface area contributed by atoms with Crippen molar-refractivity contribution in [2.24, 2.45) is 0 Å². The van der Waals surface area contributed by atoms with Crippen molar-refractivity contribution in [3.8, 4) is 0 Å². The number of alkyl halides is 1. The number of nitrogens with one attached hydrogen (secondary N) is 1. The number of rotatable bonds is 4. The number of likely N-dealkylation sites (tertiary alicyclic amines) is 1. The van der Waals surface area contributed by atoms with E-state index < -0.39 is 0 Å². The topological polar surface area (TPSA) is 49.0 Å². The van der Waals surface area contributed by atoms with Gasteiger partial charge in [-0.1, -0.05) is 0 Å². The normalized spacial score (nSPS) is 16.5. The van der Waals surface area contributed by atoms with Crippen molar-refractivity contribution in [3.63, 3.8) is 0 Å². The van der Waals surface area contributed by atoms with Crippen LogP contribution in [0.3, 0.4) is 0 Å². The first-order chi connectivity index (χ1) is 10.3. The van der Waals surface area contributed by atoms with E-state index >= 15 is 0 Å². The van der Waals surface area contributed by atoms with Crippen LogP contribution in [0.5, 0.6) is 0 Å². The van der Waals surface area contributed by atoms with Crippen molar-refractivity contribution in [1.29, 1.82) is 0 Å². The lowest BCUT2D eigenvalue weighted by molar-refractivity contribution is -0.132. The number of pyridine rings is 1. The summed E-state index contributed by atoms with van der Waals surface area (Å²) in [5, 5.41) is 0. The molecule has 1 fully saturated rings. The SMILES string of the molecule is O=C(CCCCl)N1CCC(c2c[nH]c3cccnc23)CC1. The second kappa shape index (κ2) is 6.48. The summed E-state index contributed by atoms with van der Waals surface area (Å²) in [6.07, 6.45) is 7.28. The molecule has 1 N–H and O–H groups in total. The van der Waals surface area contributed by atoms with E-state index in [1.165, 1.54) is 5.56 Å². The van der Waals surface area contributed by atoms with Gasteiger partial charge in [-0.3, -0.25) is 9.78 Å². The van der Waals surface area contributed by atoms with Gasteiger partial charge >= 0.3 is 0 Å². The monoisotopic (exact) mass is 305 g/mol. The fraction of sp³-hybridized carbons (Fsp3) is 0.500. The van der Waals surface area contributed by atoms with E-state index in [0.717, 1.165) is 43.4 Å². The Bertz CT molecular complexity index is 617. The summed E-state index contributed by atoms with van der Waals surface area (Å²) in [7, 11) is 0. The van der Waals surface area contributed by atoms with E-state index in [9.17, 15) is 4.79 Å². The number of aromatic amines is 1. The van der Waals surface area contributed by atoms with E-state index in [-0.39, 0.29) is 5.91 Å². The molecule has 3 heterocycles. The third-order valence-corrected chi connectivity index (χ3v) is 4.54. The summed E-state index contributed by atoms with van der Waals surface area (Å²) in [4.78, 5) is 21.8. The lowest BCUT2D eigenvalue weighted by atomic mass is 9.90. The summed E-state index contributed by atoms with van der Waals surface area (Å²) in [5.74, 6) is 1.29. The molecule has 0 atom stereocenters. The second-order valence-electron chi connectivity index (χ2n) is 5.59. The van der Waals surface area contributed by atoms with Crippen LogP contribution in [0.15, 0.2) is 24.5 Å². The smallest absolute Gasteiger partial charge is 0.222 e. The van der Waals surface area contributed by atoms with Crippen LogP contribution >= 0.6 is 11.6 Å². The number of piperidine rings is 1. The number of carbonyl (C=O) groups is 1. The van der Waals surface area contributed by atoms with E-state index in [1.54, 1.807) is 0 Å². The van der Waals surface area contributed by atoms with Crippen molar-refractivity contribution < 1.29 is 4.79 Å². The average Bonchev–Trinajstić information content (AvgIpc) is 2.97. The van der Waals surface area contributed by atoms with Crippen LogP contribution in [0.4, 0.5) is 0 Å². The van der Waals surface area contributed by atoms with Crippen LogP contribution in [-0.4, -0.2) is 39.7 Å². The zero-order chi connectivity index (χ0) is 14.7. The fourth-order valence-corrected chi connectivity index (χ4v) is 3.24. The fourth-order valence-electron chi connectivity index (χ4n) is 3.10. The number of H-pyrrole nitrogens is 1. The molecule has 1 aliphatic heterocycles. The Balaban J connectivity index is 1.64. The molecule has 0 radical (unpaired) electrons. The van der Waals surface area contributed by atoms with Crippen molar-refractivity contribution in [1.82, 2.24) is 14.9 Å². The van der Waals surface area contributed by atoms with Gasteiger partial charge in [0, 0.05) is 37.8 Å². The number of fused-ring (bicyclic) bond motifs is 1. The summed E-state index contributed by atoms with van der Waals surface area (Å²) in [6, 6.07) is 4.00. The molecule has 1 amide bonds. The van der Waals surface area contributed by atoms with E-state index in [4.69, 9.17) is 11.6 Å². The molecule has 3 rings (SSSR count). The Labute approximate surface area is 129 Å². The van der Waals surface area contributed by atoms with Gasteiger partial charge in [0.05, 0.1) is 11.0 Å². The Kier molecular flexibility index (Phi) is 4.44. The van der Waals surface area contributed by atoms with Gasteiger partial charge in [-0.05, 0) is 42.9 Å². The molecular weight excluding hydrogens is 286 g/mol. The molecular formula is C16H20ClN3O. The molecule has 0 aromatic carbocycles. The molecule has 5 heteroatoms. The zero-order valence-corrected chi connectivity index (χ0v) is 12.8. The molecule has 0 saturated carbocycles. The van der Waals surface area contributed by atoms with Crippen LogP contribution in [0, 0.1) is 0 Å². The number of hydrogen-bond donors (Lipinski definition) is 1. The van der Waals surface area contributed by atoms with Crippen molar-refractivity contribution >= 4 is 28.5 Å². The first-order valence-electron chi connectivity index (χ1n) is 7.55. The average molecular weight is 306 g/mol. The van der Waals surface area contributed by atoms with E-state index in [0.29, 0.717) is 18.2 Å². The van der Waals surface area contributed by atoms with Gasteiger partial charge in [0.2, 0.25) is 5.91 Å². The van der Waals surface area contributed by atoms with Crippen LogP contribution in [-0.2, 0) is 4.79 Å². The molecule has 1 aliphatic rings. The summed E-state index contributed by atoms with van der Waals surface area (Å²) >= 11 is 5.65. The summed E-state index contributed by atoms with van der Waals surface area (Å²) in [5.41, 5.74) is 3.45. The molecule has 0 spiro atoms. The largest absolute Gasteiger partial charge is 0.360 e. The van der Waals surface area contributed by atoms with Gasteiger partial charge in [-0.15, -0.1) is 11.6 Å². The van der Waals surface area contributed by atoms with Crippen molar-refractivity contribution in [2.45, 2.75) is 31.6 Å². The van der Waals surface area contributed by atoms with Gasteiger partial charge in [0.1, 0.15) is 0 Å². The van der Waals surface area contributed by atoms with Gasteiger partial charge in [-0.2, -0.15) is 0 Å². The Morgan fingerprint density at radius 2 is 2.24 bits per heavy atom. The van der Waals surface area contributed by atoms with Gasteiger partial charge in [-0.25, -0.2) is 0 Å². The van der Waals surface area contributed by atoms with Crippen LogP contribution in [0.2, 0.25) is 0 Å². The highest BCUT2D eigenvalue weighted by molar-refractivity contribution is 6.17. The minimum atomic E-state index is 0.242. The zero-order valence-electron chi connectivity index (χ0n) is 12.0. The minimum Gasteiger partial charge on any atom is -0.360 e. The molecule has 2 aromatic heterocycles. The summed E-state index contributed by atoms with van der Waals surface area (Å²) < 4.78 is 0. The van der Waals surface area contributed by atoms with Crippen LogP contribution in [0.1, 0.15) is 37.2 Å². The third kappa shape index (κ3) is 3.05. The van der Waals surface area contributed by atoms with Crippen molar-refractivity contribution in [2.75, 3.05) is 19.0 Å². The molecule has 1 saturated heterocycles. The predicted molar refractivity (Wildman–Crippen MR) is 84.6 cm³/mol. The highest BCUT2D eigenvalue weighted by Gasteiger charge is 2.25. The number of aromatic nitrogens is 2. The lowest BCUT2D eigenvalue weighted by Gasteiger charge is -2.32. The predicted octanol–water partition coefficient (Wildman–Crippen LogP) is 3.29. The quantitative estimate of drug-likeness (QED) is 0.881. The molecule has 0 unspecified atom stereocenters. The minimum absolute atomic E-state index is 0.242. The Hall–Kier alpha value is -1.55. The van der Waals surface area contributed by atoms with E-state index in [2.05, 4.69) is 22.2 Å². The second-order valence-corrected chi connectivity index (χ2v) is 5.97. The molecule has 0 aliphatic carbocycles. The maximum Gasteiger partial charge on any atom is 0.222 e. The Morgan fingerprint density at radius 3 is 3.00 bits per heavy atom. The highest BCUT2D eigenvalue weighted by Crippen LogP contribution is 2.32. The highest BCUT2D eigenvalue weighted by atomic mass is 35.5. The number of nitrogens with zero attached hydrogens (tertiary/aromatic N) is 2. The van der Waals surface area contributed by atoms with E-state index in [1.807, 2.05) is 17.2 Å². The van der Waals surface area contributed by atoms with Crippen LogP contribution in [0.25, 0.3) is 11.0 Å². The number of carbonyl (C=O) groups excluding carboxylic acids is 1. The molecule has 112 valence electrons. The standard InChI is InChI=1S/C16H20ClN3O/c17-7-1-4-15(21)20-9-5-12(6-10-20)13-11-19-14-3-2-8-18-16(13)14/h2-3,8,11-12,19H,1,4-7,9-10H2. The molecule has 0 bridgehead atoms. The Morgan fingerprint density at radius 1 is 1.43 bits per heavy atom. The van der Waals surface area contributed by atoms with Gasteiger partial charge in [0.25, 0.3) is 0 Å². The van der Waals surface area contributed by atoms with Crippen molar-refractivity contribution in [3.05, 3.63) is 30.1 Å². The first-order valence-corrected chi connectivity index (χ1v) is 8.09. The van der Waals surface area contributed by atoms with Gasteiger partial charge in [0.15, 0.2) is 0 Å². The number of hydrogen-bond acceptors (Lipinski definition) is 2. The van der Waals surface area contributed by atoms with Gasteiger partial charge < -0.3 is 9.88 Å².